The maximum Gasteiger partial charge on any atom is 0.190 e. The largest absolute Gasteiger partial charge is 0.381 e. The van der Waals surface area contributed by atoms with Crippen LogP contribution >= 0.6 is 24.0 Å². The van der Waals surface area contributed by atoms with Gasteiger partial charge in [0.1, 0.15) is 11.6 Å². The highest BCUT2D eigenvalue weighted by molar-refractivity contribution is 14.0. The Morgan fingerprint density at radius 2 is 1.67 bits per heavy atom. The smallest absolute Gasteiger partial charge is 0.190 e. The zero-order valence-corrected chi connectivity index (χ0v) is 16.7. The van der Waals surface area contributed by atoms with E-state index in [1.807, 2.05) is 0 Å². The molecule has 0 radical (unpaired) electrons. The van der Waals surface area contributed by atoms with E-state index in [9.17, 15) is 8.78 Å². The van der Waals surface area contributed by atoms with Crippen LogP contribution in [0.25, 0.3) is 0 Å². The molecular weight excluding hydrogens is 427 g/mol. The van der Waals surface area contributed by atoms with Crippen LogP contribution < -0.4 is 10.6 Å². The fraction of sp³-hybridized carbons (Fsp3) is 0.588. The molecule has 1 aromatic rings. The molecule has 0 heterocycles. The summed E-state index contributed by atoms with van der Waals surface area (Å²) in [7, 11) is 1.69. The van der Waals surface area contributed by atoms with Gasteiger partial charge in [-0.3, -0.25) is 4.99 Å². The molecule has 0 aliphatic carbocycles. The van der Waals surface area contributed by atoms with Crippen molar-refractivity contribution < 1.29 is 13.5 Å². The number of hydrogen-bond donors (Lipinski definition) is 2. The van der Waals surface area contributed by atoms with Gasteiger partial charge in [-0.25, -0.2) is 8.78 Å². The van der Waals surface area contributed by atoms with E-state index < -0.39 is 11.6 Å². The van der Waals surface area contributed by atoms with Crippen LogP contribution in [0.2, 0.25) is 0 Å². The number of nitrogens with one attached hydrogen (secondary N) is 2. The minimum absolute atomic E-state index is 0. The molecule has 0 fully saturated rings. The first-order chi connectivity index (χ1) is 11.2. The molecule has 4 nitrogen and oxygen atoms in total. The number of ether oxygens (including phenoxy) is 1. The SMILES string of the molecule is CCCCOCCCNC(=NC)NCCc1cc(F)cc(F)c1.I. The Hall–Kier alpha value is -0.960. The van der Waals surface area contributed by atoms with Gasteiger partial charge >= 0.3 is 0 Å². The van der Waals surface area contributed by atoms with E-state index in [4.69, 9.17) is 4.74 Å². The average Bonchev–Trinajstić information content (AvgIpc) is 2.51. The van der Waals surface area contributed by atoms with Crippen molar-refractivity contribution in [2.75, 3.05) is 33.4 Å². The number of guanidine groups is 1. The predicted octanol–water partition coefficient (Wildman–Crippen LogP) is 3.50. The molecule has 24 heavy (non-hydrogen) atoms. The molecule has 0 aliphatic rings. The van der Waals surface area contributed by atoms with E-state index in [0.29, 0.717) is 24.5 Å². The Labute approximate surface area is 160 Å². The molecule has 0 bridgehead atoms. The number of rotatable bonds is 10. The molecule has 0 saturated heterocycles. The van der Waals surface area contributed by atoms with Crippen molar-refractivity contribution in [2.45, 2.75) is 32.6 Å². The van der Waals surface area contributed by atoms with E-state index in [-0.39, 0.29) is 24.0 Å². The Balaban J connectivity index is 0.00000529. The first-order valence-corrected chi connectivity index (χ1v) is 8.13. The standard InChI is InChI=1S/C17H27F2N3O.HI/c1-3-4-9-23-10-5-7-21-17(20-2)22-8-6-14-11-15(18)13-16(19)12-14;/h11-13H,3-10H2,1-2H3,(H2,20,21,22);1H. The molecule has 0 spiro atoms. The molecule has 0 saturated carbocycles. The highest BCUT2D eigenvalue weighted by Gasteiger charge is 2.02. The van der Waals surface area contributed by atoms with Gasteiger partial charge < -0.3 is 15.4 Å². The number of hydrogen-bond acceptors (Lipinski definition) is 2. The summed E-state index contributed by atoms with van der Waals surface area (Å²) < 4.78 is 31.7. The van der Waals surface area contributed by atoms with Crippen LogP contribution in [0.1, 0.15) is 31.7 Å². The van der Waals surface area contributed by atoms with E-state index in [1.54, 1.807) is 7.05 Å². The van der Waals surface area contributed by atoms with Crippen molar-refractivity contribution in [1.82, 2.24) is 10.6 Å². The molecule has 0 unspecified atom stereocenters. The summed E-state index contributed by atoms with van der Waals surface area (Å²) in [6, 6.07) is 3.56. The third-order valence-electron chi connectivity index (χ3n) is 3.25. The minimum Gasteiger partial charge on any atom is -0.381 e. The van der Waals surface area contributed by atoms with Crippen molar-refractivity contribution in [3.8, 4) is 0 Å². The fourth-order valence-electron chi connectivity index (χ4n) is 2.03. The summed E-state index contributed by atoms with van der Waals surface area (Å²) >= 11 is 0. The molecule has 138 valence electrons. The topological polar surface area (TPSA) is 45.6 Å². The van der Waals surface area contributed by atoms with E-state index in [0.717, 1.165) is 45.1 Å². The van der Waals surface area contributed by atoms with Gasteiger partial charge in [-0.15, -0.1) is 24.0 Å². The van der Waals surface area contributed by atoms with Gasteiger partial charge in [-0.2, -0.15) is 0 Å². The lowest BCUT2D eigenvalue weighted by atomic mass is 10.1. The maximum absolute atomic E-state index is 13.1. The number of halogens is 3. The second kappa shape index (κ2) is 14.4. The monoisotopic (exact) mass is 455 g/mol. The second-order valence-electron chi connectivity index (χ2n) is 5.27. The zero-order valence-electron chi connectivity index (χ0n) is 14.4. The van der Waals surface area contributed by atoms with Crippen LogP contribution in [0.4, 0.5) is 8.78 Å². The Bertz CT molecular complexity index is 467. The van der Waals surface area contributed by atoms with Crippen LogP contribution in [0.15, 0.2) is 23.2 Å². The Morgan fingerprint density at radius 1 is 1.04 bits per heavy atom. The number of unbranched alkanes of at least 4 members (excludes halogenated alkanes) is 1. The van der Waals surface area contributed by atoms with E-state index in [1.165, 1.54) is 12.1 Å². The lowest BCUT2D eigenvalue weighted by Gasteiger charge is -2.12. The average molecular weight is 455 g/mol. The van der Waals surface area contributed by atoms with Crippen molar-refractivity contribution >= 4 is 29.9 Å². The van der Waals surface area contributed by atoms with Crippen LogP contribution in [0.5, 0.6) is 0 Å². The third kappa shape index (κ3) is 10.7. The minimum atomic E-state index is -0.550. The summed E-state index contributed by atoms with van der Waals surface area (Å²) in [6.45, 7) is 5.00. The quantitative estimate of drug-likeness (QED) is 0.246. The van der Waals surface area contributed by atoms with Crippen molar-refractivity contribution in [1.29, 1.82) is 0 Å². The van der Waals surface area contributed by atoms with Crippen LogP contribution in [0.3, 0.4) is 0 Å². The Morgan fingerprint density at radius 3 is 2.29 bits per heavy atom. The maximum atomic E-state index is 13.1. The summed E-state index contributed by atoms with van der Waals surface area (Å²) in [5, 5.41) is 6.30. The highest BCUT2D eigenvalue weighted by atomic mass is 127. The van der Waals surface area contributed by atoms with Crippen molar-refractivity contribution in [3.63, 3.8) is 0 Å². The van der Waals surface area contributed by atoms with E-state index in [2.05, 4.69) is 22.5 Å². The van der Waals surface area contributed by atoms with Crippen LogP contribution in [0, 0.1) is 11.6 Å². The second-order valence-corrected chi connectivity index (χ2v) is 5.27. The lowest BCUT2D eigenvalue weighted by Crippen LogP contribution is -2.39. The summed E-state index contributed by atoms with van der Waals surface area (Å²) in [6.07, 6.45) is 3.66. The Kier molecular flexibility index (Phi) is 13.8. The molecule has 1 aromatic carbocycles. The van der Waals surface area contributed by atoms with Gasteiger partial charge in [0.05, 0.1) is 0 Å². The summed E-state index contributed by atoms with van der Waals surface area (Å²) in [4.78, 5) is 4.11. The van der Waals surface area contributed by atoms with Gasteiger partial charge in [-0.1, -0.05) is 13.3 Å². The molecule has 0 amide bonds. The first kappa shape index (κ1) is 23.0. The molecular formula is C17H28F2IN3O. The fourth-order valence-corrected chi connectivity index (χ4v) is 2.03. The molecule has 0 aliphatic heterocycles. The molecule has 1 rings (SSSR count). The number of aliphatic imine (C=N–C) groups is 1. The van der Waals surface area contributed by atoms with E-state index >= 15 is 0 Å². The molecule has 0 atom stereocenters. The van der Waals surface area contributed by atoms with Crippen LogP contribution in [-0.4, -0.2) is 39.3 Å². The van der Waals surface area contributed by atoms with Gasteiger partial charge in [-0.05, 0) is 37.0 Å². The van der Waals surface area contributed by atoms with Gasteiger partial charge in [0.2, 0.25) is 0 Å². The third-order valence-corrected chi connectivity index (χ3v) is 3.25. The summed E-state index contributed by atoms with van der Waals surface area (Å²) in [5.74, 6) is -0.424. The number of benzene rings is 1. The molecule has 0 aromatic heterocycles. The van der Waals surface area contributed by atoms with Crippen LogP contribution in [-0.2, 0) is 11.2 Å². The van der Waals surface area contributed by atoms with Gasteiger partial charge in [0.15, 0.2) is 5.96 Å². The van der Waals surface area contributed by atoms with Crippen molar-refractivity contribution in [3.05, 3.63) is 35.4 Å². The normalized spacial score (nSPS) is 11.1. The van der Waals surface area contributed by atoms with Gasteiger partial charge in [0.25, 0.3) is 0 Å². The zero-order chi connectivity index (χ0) is 16.9. The molecule has 7 heteroatoms. The predicted molar refractivity (Wildman–Crippen MR) is 105 cm³/mol. The first-order valence-electron chi connectivity index (χ1n) is 8.13. The van der Waals surface area contributed by atoms with Gasteiger partial charge in [0, 0.05) is 39.4 Å². The van der Waals surface area contributed by atoms with Crippen molar-refractivity contribution in [2.24, 2.45) is 4.99 Å². The number of nitrogens with zero attached hydrogens (tertiary/aromatic N) is 1. The summed E-state index contributed by atoms with van der Waals surface area (Å²) in [5.41, 5.74) is 0.620. The molecule has 2 N–H and O–H groups in total. The highest BCUT2D eigenvalue weighted by Crippen LogP contribution is 2.07. The lowest BCUT2D eigenvalue weighted by molar-refractivity contribution is 0.129.